The molecule has 1 N–H and O–H groups in total. The van der Waals surface area contributed by atoms with Crippen LogP contribution in [0.25, 0.3) is 22.6 Å². The lowest BCUT2D eigenvalue weighted by molar-refractivity contribution is 0.291. The molecule has 1 aromatic heterocycles. The Balaban J connectivity index is 2.05. The van der Waals surface area contributed by atoms with Gasteiger partial charge in [0, 0.05) is 26.4 Å². The lowest BCUT2D eigenvalue weighted by Gasteiger charge is -2.06. The first-order chi connectivity index (χ1) is 12.1. The monoisotopic (exact) mass is 393 g/mol. The third-order valence-corrected chi connectivity index (χ3v) is 5.45. The molecule has 0 aliphatic rings. The topological polar surface area (TPSA) is 46.3 Å². The van der Waals surface area contributed by atoms with Crippen molar-refractivity contribution in [3.63, 3.8) is 0 Å². The summed E-state index contributed by atoms with van der Waals surface area (Å²) in [6.45, 7) is 2.10. The lowest BCUT2D eigenvalue weighted by atomic mass is 10.1. The smallest absolute Gasteiger partial charge is 0.257 e. The summed E-state index contributed by atoms with van der Waals surface area (Å²) >= 11 is 13.4. The molecule has 1 heterocycles. The fourth-order valence-corrected chi connectivity index (χ4v) is 3.40. The summed E-state index contributed by atoms with van der Waals surface area (Å²) in [7, 11) is 0. The van der Waals surface area contributed by atoms with Crippen LogP contribution in [-0.4, -0.2) is 21.9 Å². The zero-order valence-electron chi connectivity index (χ0n) is 13.6. The first kappa shape index (κ1) is 18.3. The van der Waals surface area contributed by atoms with Crippen molar-refractivity contribution in [2.75, 3.05) is 6.61 Å². The number of aromatic nitrogens is 1. The van der Waals surface area contributed by atoms with Crippen molar-refractivity contribution >= 4 is 35.0 Å². The SMILES string of the molecule is CCC(CO)Sc1nc(-c2ccc(Cl)cc2)c(-c2ccc(Cl)cc2)o1. The molecule has 0 aliphatic heterocycles. The van der Waals surface area contributed by atoms with Gasteiger partial charge in [-0.25, -0.2) is 4.98 Å². The third-order valence-electron chi connectivity index (χ3n) is 3.76. The number of oxazole rings is 1. The highest BCUT2D eigenvalue weighted by atomic mass is 35.5. The van der Waals surface area contributed by atoms with Crippen LogP contribution in [-0.2, 0) is 0 Å². The van der Waals surface area contributed by atoms with Crippen LogP contribution in [0.15, 0.2) is 58.2 Å². The van der Waals surface area contributed by atoms with E-state index in [2.05, 4.69) is 4.98 Å². The van der Waals surface area contributed by atoms with Gasteiger partial charge in [0.2, 0.25) is 0 Å². The van der Waals surface area contributed by atoms with Crippen LogP contribution < -0.4 is 0 Å². The van der Waals surface area contributed by atoms with Gasteiger partial charge in [-0.3, -0.25) is 0 Å². The van der Waals surface area contributed by atoms with Crippen molar-refractivity contribution in [2.24, 2.45) is 0 Å². The average molecular weight is 394 g/mol. The molecule has 0 radical (unpaired) electrons. The number of thioether (sulfide) groups is 1. The molecular formula is C19H17Cl2NO2S. The van der Waals surface area contributed by atoms with E-state index >= 15 is 0 Å². The molecule has 3 nitrogen and oxygen atoms in total. The Hall–Kier alpha value is -1.46. The number of aliphatic hydroxyl groups is 1. The number of hydrogen-bond donors (Lipinski definition) is 1. The maximum atomic E-state index is 9.44. The first-order valence-corrected chi connectivity index (χ1v) is 9.54. The second kappa shape index (κ2) is 8.28. The van der Waals surface area contributed by atoms with Gasteiger partial charge in [-0.2, -0.15) is 0 Å². The summed E-state index contributed by atoms with van der Waals surface area (Å²) in [4.78, 5) is 4.65. The Morgan fingerprint density at radius 3 is 2.08 bits per heavy atom. The van der Waals surface area contributed by atoms with Crippen molar-refractivity contribution in [1.82, 2.24) is 4.98 Å². The van der Waals surface area contributed by atoms with E-state index in [1.165, 1.54) is 11.8 Å². The molecule has 0 spiro atoms. The second-order valence-corrected chi connectivity index (χ2v) is 7.63. The largest absolute Gasteiger partial charge is 0.431 e. The van der Waals surface area contributed by atoms with Crippen LogP contribution in [0.1, 0.15) is 13.3 Å². The molecule has 25 heavy (non-hydrogen) atoms. The fraction of sp³-hybridized carbons (Fsp3) is 0.211. The Labute approximate surface area is 161 Å². The molecule has 3 aromatic rings. The second-order valence-electron chi connectivity index (χ2n) is 5.50. The summed E-state index contributed by atoms with van der Waals surface area (Å²) in [5.74, 6) is 0.675. The molecule has 0 bridgehead atoms. The molecule has 0 fully saturated rings. The summed E-state index contributed by atoms with van der Waals surface area (Å²) in [6, 6.07) is 14.9. The standard InChI is InChI=1S/C19H17Cl2NO2S/c1-2-16(11-23)25-19-22-17(12-3-7-14(20)8-4-12)18(24-19)13-5-9-15(21)10-6-13/h3-10,16,23H,2,11H2,1H3. The number of hydrogen-bond acceptors (Lipinski definition) is 4. The highest BCUT2D eigenvalue weighted by molar-refractivity contribution is 7.99. The molecule has 130 valence electrons. The van der Waals surface area contributed by atoms with Gasteiger partial charge in [0.1, 0.15) is 5.69 Å². The Morgan fingerprint density at radius 2 is 1.56 bits per heavy atom. The quantitative estimate of drug-likeness (QED) is 0.507. The highest BCUT2D eigenvalue weighted by Gasteiger charge is 2.19. The number of aliphatic hydroxyl groups excluding tert-OH is 1. The summed E-state index contributed by atoms with van der Waals surface area (Å²) in [5.41, 5.74) is 2.56. The van der Waals surface area contributed by atoms with Gasteiger partial charge in [-0.1, -0.05) is 54.0 Å². The first-order valence-electron chi connectivity index (χ1n) is 7.91. The van der Waals surface area contributed by atoms with Crippen LogP contribution in [0.2, 0.25) is 10.0 Å². The van der Waals surface area contributed by atoms with Crippen LogP contribution in [0.4, 0.5) is 0 Å². The molecule has 1 unspecified atom stereocenters. The van der Waals surface area contributed by atoms with Gasteiger partial charge >= 0.3 is 0 Å². The molecule has 3 rings (SSSR count). The fourth-order valence-electron chi connectivity index (χ4n) is 2.34. The summed E-state index contributed by atoms with van der Waals surface area (Å²) in [5, 5.41) is 11.4. The maximum absolute atomic E-state index is 9.44. The predicted molar refractivity (Wildman–Crippen MR) is 104 cm³/mol. The molecular weight excluding hydrogens is 377 g/mol. The van der Waals surface area contributed by atoms with Crippen LogP contribution >= 0.6 is 35.0 Å². The van der Waals surface area contributed by atoms with Gasteiger partial charge in [0.05, 0.1) is 6.61 Å². The Bertz CT molecular complexity index is 765. The van der Waals surface area contributed by atoms with Gasteiger partial charge in [-0.15, -0.1) is 0 Å². The molecule has 0 aliphatic carbocycles. The van der Waals surface area contributed by atoms with Crippen LogP contribution in [0.5, 0.6) is 0 Å². The molecule has 6 heteroatoms. The van der Waals surface area contributed by atoms with E-state index in [1.54, 1.807) is 0 Å². The molecule has 1 atom stereocenters. The maximum Gasteiger partial charge on any atom is 0.257 e. The number of nitrogens with zero attached hydrogens (tertiary/aromatic N) is 1. The highest BCUT2D eigenvalue weighted by Crippen LogP contribution is 2.37. The summed E-state index contributed by atoms with van der Waals surface area (Å²) in [6.07, 6.45) is 0.829. The van der Waals surface area contributed by atoms with Crippen LogP contribution in [0.3, 0.4) is 0 Å². The zero-order valence-corrected chi connectivity index (χ0v) is 15.9. The normalized spacial score (nSPS) is 12.3. The molecule has 2 aromatic carbocycles. The lowest BCUT2D eigenvalue weighted by Crippen LogP contribution is -2.05. The van der Waals surface area contributed by atoms with Crippen LogP contribution in [0, 0.1) is 0 Å². The van der Waals surface area contributed by atoms with E-state index in [0.717, 1.165) is 23.2 Å². The van der Waals surface area contributed by atoms with E-state index in [0.29, 0.717) is 21.0 Å². The molecule has 0 saturated heterocycles. The third kappa shape index (κ3) is 4.39. The van der Waals surface area contributed by atoms with Gasteiger partial charge < -0.3 is 9.52 Å². The van der Waals surface area contributed by atoms with Gasteiger partial charge in [0.25, 0.3) is 5.22 Å². The van der Waals surface area contributed by atoms with E-state index in [1.807, 2.05) is 55.5 Å². The minimum Gasteiger partial charge on any atom is -0.431 e. The zero-order chi connectivity index (χ0) is 17.8. The number of halogens is 2. The molecule has 0 amide bonds. The van der Waals surface area contributed by atoms with Crippen molar-refractivity contribution in [2.45, 2.75) is 23.8 Å². The van der Waals surface area contributed by atoms with E-state index in [-0.39, 0.29) is 11.9 Å². The minimum atomic E-state index is 0.0507. The number of rotatable bonds is 6. The average Bonchev–Trinajstić information content (AvgIpc) is 3.04. The van der Waals surface area contributed by atoms with Crippen molar-refractivity contribution < 1.29 is 9.52 Å². The van der Waals surface area contributed by atoms with Crippen molar-refractivity contribution in [1.29, 1.82) is 0 Å². The Morgan fingerprint density at radius 1 is 1.00 bits per heavy atom. The van der Waals surface area contributed by atoms with E-state index in [9.17, 15) is 5.11 Å². The van der Waals surface area contributed by atoms with Gasteiger partial charge in [-0.05, 0) is 42.8 Å². The van der Waals surface area contributed by atoms with Crippen molar-refractivity contribution in [3.8, 4) is 22.6 Å². The summed E-state index contributed by atoms with van der Waals surface area (Å²) < 4.78 is 6.02. The van der Waals surface area contributed by atoms with Crippen molar-refractivity contribution in [3.05, 3.63) is 58.6 Å². The van der Waals surface area contributed by atoms with E-state index in [4.69, 9.17) is 27.6 Å². The van der Waals surface area contributed by atoms with E-state index < -0.39 is 0 Å². The minimum absolute atomic E-state index is 0.0507. The predicted octanol–water partition coefficient (Wildman–Crippen LogP) is 6.18. The number of benzene rings is 2. The Kier molecular flexibility index (Phi) is 6.07. The molecule has 0 saturated carbocycles. The van der Waals surface area contributed by atoms with Gasteiger partial charge in [0.15, 0.2) is 5.76 Å².